The molecule has 0 atom stereocenters. The van der Waals surface area contributed by atoms with Crippen molar-refractivity contribution in [1.82, 2.24) is 9.97 Å². The summed E-state index contributed by atoms with van der Waals surface area (Å²) in [6.45, 7) is 1.13. The summed E-state index contributed by atoms with van der Waals surface area (Å²) < 4.78 is 34.8. The normalized spacial score (nSPS) is 11.9. The molecule has 0 spiro atoms. The zero-order valence-corrected chi connectivity index (χ0v) is 14.2. The van der Waals surface area contributed by atoms with Crippen LogP contribution in [0.15, 0.2) is 54.7 Å². The molecule has 138 valence electrons. The standard InChI is InChI=1S/C19H16FN3O4/c20-13-1-3-14(4-2-13)27-18-7-8-21-19(23-18)22-9-10-24-15-5-6-16-17(11-15)26-12-25-16/h1-8,11H,9-10,12H2,(H,21,22,23). The first-order valence-corrected chi connectivity index (χ1v) is 8.29. The van der Waals surface area contributed by atoms with E-state index in [1.165, 1.54) is 24.3 Å². The van der Waals surface area contributed by atoms with Crippen molar-refractivity contribution < 1.29 is 23.3 Å². The summed E-state index contributed by atoms with van der Waals surface area (Å²) in [7, 11) is 0. The molecule has 4 rings (SSSR count). The molecular weight excluding hydrogens is 353 g/mol. The molecule has 1 N–H and O–H groups in total. The largest absolute Gasteiger partial charge is 0.492 e. The van der Waals surface area contributed by atoms with Crippen molar-refractivity contribution in [3.05, 3.63) is 60.5 Å². The van der Waals surface area contributed by atoms with Gasteiger partial charge in [-0.3, -0.25) is 0 Å². The first-order valence-electron chi connectivity index (χ1n) is 8.29. The summed E-state index contributed by atoms with van der Waals surface area (Å²) in [6, 6.07) is 12.7. The highest BCUT2D eigenvalue weighted by Crippen LogP contribution is 2.35. The highest BCUT2D eigenvalue weighted by atomic mass is 19.1. The van der Waals surface area contributed by atoms with Crippen molar-refractivity contribution in [2.24, 2.45) is 0 Å². The lowest BCUT2D eigenvalue weighted by Crippen LogP contribution is -2.13. The van der Waals surface area contributed by atoms with E-state index in [2.05, 4.69) is 15.3 Å². The van der Waals surface area contributed by atoms with E-state index in [4.69, 9.17) is 18.9 Å². The van der Waals surface area contributed by atoms with Crippen molar-refractivity contribution in [3.63, 3.8) is 0 Å². The predicted molar refractivity (Wildman–Crippen MR) is 95.1 cm³/mol. The molecule has 2 aromatic carbocycles. The molecular formula is C19H16FN3O4. The lowest BCUT2D eigenvalue weighted by atomic mass is 10.3. The number of anilines is 1. The van der Waals surface area contributed by atoms with Gasteiger partial charge in [0.1, 0.15) is 23.9 Å². The summed E-state index contributed by atoms with van der Waals surface area (Å²) in [6.07, 6.45) is 1.58. The minimum atomic E-state index is -0.324. The van der Waals surface area contributed by atoms with Crippen molar-refractivity contribution in [1.29, 1.82) is 0 Å². The maximum atomic E-state index is 12.9. The molecule has 2 heterocycles. The van der Waals surface area contributed by atoms with Gasteiger partial charge in [-0.25, -0.2) is 9.37 Å². The van der Waals surface area contributed by atoms with Crippen LogP contribution in [0.1, 0.15) is 0 Å². The van der Waals surface area contributed by atoms with Gasteiger partial charge in [-0.05, 0) is 36.4 Å². The van der Waals surface area contributed by atoms with E-state index < -0.39 is 0 Å². The number of aromatic nitrogens is 2. The fourth-order valence-electron chi connectivity index (χ4n) is 2.41. The van der Waals surface area contributed by atoms with Gasteiger partial charge in [-0.1, -0.05) is 0 Å². The number of nitrogens with one attached hydrogen (secondary N) is 1. The number of ether oxygens (including phenoxy) is 4. The lowest BCUT2D eigenvalue weighted by molar-refractivity contribution is 0.174. The highest BCUT2D eigenvalue weighted by Gasteiger charge is 2.13. The minimum absolute atomic E-state index is 0.230. The molecule has 0 amide bonds. The Hall–Kier alpha value is -3.55. The lowest BCUT2D eigenvalue weighted by Gasteiger charge is -2.09. The van der Waals surface area contributed by atoms with Gasteiger partial charge in [0.05, 0.1) is 6.54 Å². The molecule has 1 aliphatic rings. The van der Waals surface area contributed by atoms with Crippen LogP contribution in [0, 0.1) is 5.82 Å². The van der Waals surface area contributed by atoms with E-state index in [9.17, 15) is 4.39 Å². The Morgan fingerprint density at radius 3 is 2.70 bits per heavy atom. The number of nitrogens with zero attached hydrogens (tertiary/aromatic N) is 2. The summed E-state index contributed by atoms with van der Waals surface area (Å²) in [5.74, 6) is 3.01. The molecule has 0 radical (unpaired) electrons. The molecule has 3 aromatic rings. The number of benzene rings is 2. The second-order valence-electron chi connectivity index (χ2n) is 5.56. The zero-order chi connectivity index (χ0) is 18.5. The fraction of sp³-hybridized carbons (Fsp3) is 0.158. The van der Waals surface area contributed by atoms with Crippen molar-refractivity contribution in [3.8, 4) is 28.9 Å². The fourth-order valence-corrected chi connectivity index (χ4v) is 2.41. The van der Waals surface area contributed by atoms with Gasteiger partial charge < -0.3 is 24.3 Å². The smallest absolute Gasteiger partial charge is 0.231 e. The van der Waals surface area contributed by atoms with Crippen molar-refractivity contribution in [2.75, 3.05) is 25.3 Å². The Kier molecular flexibility index (Phi) is 4.86. The topological polar surface area (TPSA) is 74.7 Å². The third kappa shape index (κ3) is 4.35. The van der Waals surface area contributed by atoms with Crippen LogP contribution in [-0.4, -0.2) is 29.9 Å². The minimum Gasteiger partial charge on any atom is -0.492 e. The van der Waals surface area contributed by atoms with E-state index in [0.29, 0.717) is 48.0 Å². The molecule has 0 bridgehead atoms. The first-order chi connectivity index (χ1) is 13.3. The Balaban J connectivity index is 1.28. The average Bonchev–Trinajstić information content (AvgIpc) is 3.15. The first kappa shape index (κ1) is 16.9. The van der Waals surface area contributed by atoms with Crippen LogP contribution in [0.2, 0.25) is 0 Å². The maximum absolute atomic E-state index is 12.9. The SMILES string of the molecule is Fc1ccc(Oc2ccnc(NCCOc3ccc4c(c3)OCO4)n2)cc1. The molecule has 8 heteroatoms. The van der Waals surface area contributed by atoms with E-state index in [1.54, 1.807) is 18.3 Å². The number of hydrogen-bond donors (Lipinski definition) is 1. The van der Waals surface area contributed by atoms with Crippen LogP contribution < -0.4 is 24.3 Å². The van der Waals surface area contributed by atoms with Gasteiger partial charge in [0.25, 0.3) is 0 Å². The Morgan fingerprint density at radius 2 is 1.81 bits per heavy atom. The summed E-state index contributed by atoms with van der Waals surface area (Å²) >= 11 is 0. The van der Waals surface area contributed by atoms with Gasteiger partial charge in [0.15, 0.2) is 11.5 Å². The van der Waals surface area contributed by atoms with E-state index in [-0.39, 0.29) is 12.6 Å². The Labute approximate surface area is 154 Å². The Morgan fingerprint density at radius 1 is 1.00 bits per heavy atom. The Bertz CT molecular complexity index is 921. The molecule has 0 unspecified atom stereocenters. The predicted octanol–water partition coefficient (Wildman–Crippen LogP) is 3.63. The third-order valence-corrected chi connectivity index (χ3v) is 3.66. The van der Waals surface area contributed by atoms with Crippen molar-refractivity contribution >= 4 is 5.95 Å². The molecule has 1 aliphatic heterocycles. The summed E-state index contributed by atoms with van der Waals surface area (Å²) in [4.78, 5) is 8.38. The van der Waals surface area contributed by atoms with Crippen LogP contribution in [0.3, 0.4) is 0 Å². The summed E-state index contributed by atoms with van der Waals surface area (Å²) in [5, 5.41) is 3.06. The third-order valence-electron chi connectivity index (χ3n) is 3.66. The van der Waals surface area contributed by atoms with Gasteiger partial charge in [-0.15, -0.1) is 0 Å². The highest BCUT2D eigenvalue weighted by molar-refractivity contribution is 5.46. The van der Waals surface area contributed by atoms with Gasteiger partial charge in [0.2, 0.25) is 18.6 Å². The maximum Gasteiger partial charge on any atom is 0.231 e. The van der Waals surface area contributed by atoms with Crippen LogP contribution in [0.5, 0.6) is 28.9 Å². The van der Waals surface area contributed by atoms with Gasteiger partial charge in [0, 0.05) is 18.3 Å². The van der Waals surface area contributed by atoms with Crippen molar-refractivity contribution in [2.45, 2.75) is 0 Å². The number of halogens is 1. The molecule has 27 heavy (non-hydrogen) atoms. The molecule has 7 nitrogen and oxygen atoms in total. The number of fused-ring (bicyclic) bond motifs is 1. The monoisotopic (exact) mass is 369 g/mol. The van der Waals surface area contributed by atoms with E-state index in [1.807, 2.05) is 12.1 Å². The molecule has 0 fully saturated rings. The number of hydrogen-bond acceptors (Lipinski definition) is 7. The van der Waals surface area contributed by atoms with Gasteiger partial charge >= 0.3 is 0 Å². The van der Waals surface area contributed by atoms with Crippen LogP contribution in [0.4, 0.5) is 10.3 Å². The zero-order valence-electron chi connectivity index (χ0n) is 14.2. The number of rotatable bonds is 7. The van der Waals surface area contributed by atoms with Crippen LogP contribution >= 0.6 is 0 Å². The quantitative estimate of drug-likeness (QED) is 0.638. The second kappa shape index (κ2) is 7.77. The average molecular weight is 369 g/mol. The molecule has 0 saturated carbocycles. The second-order valence-corrected chi connectivity index (χ2v) is 5.56. The molecule has 0 saturated heterocycles. The van der Waals surface area contributed by atoms with Gasteiger partial charge in [-0.2, -0.15) is 4.98 Å². The molecule has 0 aliphatic carbocycles. The van der Waals surface area contributed by atoms with Crippen LogP contribution in [0.25, 0.3) is 0 Å². The van der Waals surface area contributed by atoms with Crippen LogP contribution in [-0.2, 0) is 0 Å². The molecule has 1 aromatic heterocycles. The summed E-state index contributed by atoms with van der Waals surface area (Å²) in [5.41, 5.74) is 0. The van der Waals surface area contributed by atoms with E-state index in [0.717, 1.165) is 0 Å². The van der Waals surface area contributed by atoms with E-state index >= 15 is 0 Å².